The number of hydrogen-bond acceptors (Lipinski definition) is 4. The molecule has 3 fully saturated rings. The van der Waals surface area contributed by atoms with Gasteiger partial charge in [-0.05, 0) is 78.3 Å². The van der Waals surface area contributed by atoms with Crippen molar-refractivity contribution in [2.45, 2.75) is 44.1 Å². The minimum absolute atomic E-state index is 0.179. The van der Waals surface area contributed by atoms with Gasteiger partial charge in [-0.1, -0.05) is 24.3 Å². The summed E-state index contributed by atoms with van der Waals surface area (Å²) in [6, 6.07) is 13.5. The summed E-state index contributed by atoms with van der Waals surface area (Å²) in [5.41, 5.74) is 3.67. The van der Waals surface area contributed by atoms with E-state index >= 15 is 0 Å². The lowest BCUT2D eigenvalue weighted by Crippen LogP contribution is -2.44. The summed E-state index contributed by atoms with van der Waals surface area (Å²) in [5, 5.41) is 9.37. The third-order valence-electron chi connectivity index (χ3n) is 7.50. The Morgan fingerprint density at radius 2 is 1.84 bits per heavy atom. The number of carboxylic acids is 1. The van der Waals surface area contributed by atoms with Gasteiger partial charge in [0.2, 0.25) is 0 Å². The van der Waals surface area contributed by atoms with E-state index in [0.29, 0.717) is 23.7 Å². The minimum atomic E-state index is -0.967. The van der Waals surface area contributed by atoms with Crippen molar-refractivity contribution in [3.05, 3.63) is 53.6 Å². The van der Waals surface area contributed by atoms with Crippen LogP contribution < -0.4 is 4.74 Å². The number of piperidine rings is 1. The summed E-state index contributed by atoms with van der Waals surface area (Å²) in [5.74, 6) is 0.287. The summed E-state index contributed by atoms with van der Waals surface area (Å²) in [6.45, 7) is 2.36. The van der Waals surface area contributed by atoms with Crippen LogP contribution in [0, 0.1) is 5.41 Å². The number of nitrogens with zero attached hydrogens (tertiary/aromatic N) is 1. The molecular formula is C26H29NO5. The number of hydrogen-bond donors (Lipinski definition) is 1. The van der Waals surface area contributed by atoms with E-state index in [2.05, 4.69) is 24.3 Å². The first-order chi connectivity index (χ1) is 15.5. The van der Waals surface area contributed by atoms with Crippen LogP contribution in [0.3, 0.4) is 0 Å². The summed E-state index contributed by atoms with van der Waals surface area (Å²) >= 11 is 0. The Morgan fingerprint density at radius 3 is 2.47 bits per heavy atom. The molecule has 32 heavy (non-hydrogen) atoms. The van der Waals surface area contributed by atoms with Gasteiger partial charge in [-0.15, -0.1) is 0 Å². The van der Waals surface area contributed by atoms with Gasteiger partial charge in [0.25, 0.3) is 5.91 Å². The van der Waals surface area contributed by atoms with E-state index < -0.39 is 5.97 Å². The SMILES string of the molecule is COc1cc(C(=O)O)cc(-c2ccc([C@@H]3CC34CCN(C(=O)[C@H]3CCCO3)CC4)cc2)c1. The van der Waals surface area contributed by atoms with Gasteiger partial charge in [0.05, 0.1) is 12.7 Å². The fourth-order valence-corrected chi connectivity index (χ4v) is 5.44. The second-order valence-electron chi connectivity index (χ2n) is 9.32. The van der Waals surface area contributed by atoms with Crippen molar-refractivity contribution in [1.82, 2.24) is 4.90 Å². The van der Waals surface area contributed by atoms with Gasteiger partial charge in [-0.2, -0.15) is 0 Å². The van der Waals surface area contributed by atoms with Gasteiger partial charge in [0, 0.05) is 19.7 Å². The third-order valence-corrected chi connectivity index (χ3v) is 7.50. The minimum Gasteiger partial charge on any atom is -0.497 e. The third kappa shape index (κ3) is 3.88. The number of ether oxygens (including phenoxy) is 2. The standard InChI is InChI=1S/C26H29NO5/c1-31-21-14-19(13-20(15-21)25(29)30)17-4-6-18(7-5-17)22-16-26(22)8-10-27(11-9-26)24(28)23-3-2-12-32-23/h4-7,13-15,22-23H,2-3,8-12,16H2,1H3,(H,29,30)/t22-,23+/m0/s1. The molecule has 0 unspecified atom stereocenters. The zero-order valence-corrected chi connectivity index (χ0v) is 18.4. The smallest absolute Gasteiger partial charge is 0.335 e. The molecule has 2 atom stereocenters. The highest BCUT2D eigenvalue weighted by molar-refractivity contribution is 5.90. The van der Waals surface area contributed by atoms with Crippen LogP contribution in [-0.2, 0) is 9.53 Å². The second-order valence-corrected chi connectivity index (χ2v) is 9.32. The number of rotatable bonds is 5. The highest BCUT2D eigenvalue weighted by Gasteiger charge is 2.55. The summed E-state index contributed by atoms with van der Waals surface area (Å²) in [4.78, 5) is 26.1. The van der Waals surface area contributed by atoms with Crippen molar-refractivity contribution in [1.29, 1.82) is 0 Å². The van der Waals surface area contributed by atoms with E-state index in [1.807, 2.05) is 11.0 Å². The van der Waals surface area contributed by atoms with E-state index in [9.17, 15) is 14.7 Å². The van der Waals surface area contributed by atoms with Crippen molar-refractivity contribution in [2.24, 2.45) is 5.41 Å². The van der Waals surface area contributed by atoms with Crippen molar-refractivity contribution in [2.75, 3.05) is 26.8 Å². The molecule has 0 aromatic heterocycles. The molecule has 6 heteroatoms. The van der Waals surface area contributed by atoms with Crippen molar-refractivity contribution >= 4 is 11.9 Å². The molecule has 2 saturated heterocycles. The number of likely N-dealkylation sites (tertiary alicyclic amines) is 1. The maximum absolute atomic E-state index is 12.6. The summed E-state index contributed by atoms with van der Waals surface area (Å²) in [6.07, 6.45) is 4.91. The van der Waals surface area contributed by atoms with Crippen LogP contribution in [-0.4, -0.2) is 54.8 Å². The Labute approximate surface area is 188 Å². The molecule has 2 aromatic rings. The average Bonchev–Trinajstić information content (AvgIpc) is 3.24. The molecule has 168 valence electrons. The zero-order chi connectivity index (χ0) is 22.3. The Morgan fingerprint density at radius 1 is 1.09 bits per heavy atom. The number of benzene rings is 2. The van der Waals surface area contributed by atoms with E-state index in [-0.39, 0.29) is 17.6 Å². The zero-order valence-electron chi connectivity index (χ0n) is 18.4. The van der Waals surface area contributed by atoms with Gasteiger partial charge >= 0.3 is 5.97 Å². The fraction of sp³-hybridized carbons (Fsp3) is 0.462. The van der Waals surface area contributed by atoms with Gasteiger partial charge in [-0.3, -0.25) is 4.79 Å². The topological polar surface area (TPSA) is 76.1 Å². The molecule has 0 bridgehead atoms. The lowest BCUT2D eigenvalue weighted by atomic mass is 9.88. The maximum Gasteiger partial charge on any atom is 0.335 e. The normalized spacial score (nSPS) is 23.8. The Balaban J connectivity index is 1.25. The lowest BCUT2D eigenvalue weighted by Gasteiger charge is -2.34. The first-order valence-electron chi connectivity index (χ1n) is 11.4. The number of carbonyl (C=O) groups excluding carboxylic acids is 1. The van der Waals surface area contributed by atoms with Crippen LogP contribution >= 0.6 is 0 Å². The molecule has 1 amide bonds. The second kappa shape index (κ2) is 8.24. The predicted molar refractivity (Wildman–Crippen MR) is 120 cm³/mol. The van der Waals surface area contributed by atoms with E-state index in [1.54, 1.807) is 13.2 Å². The van der Waals surface area contributed by atoms with Crippen LogP contribution in [0.1, 0.15) is 53.9 Å². The van der Waals surface area contributed by atoms with Gasteiger partial charge in [0.15, 0.2) is 0 Å². The highest BCUT2D eigenvalue weighted by atomic mass is 16.5. The molecule has 1 N–H and O–H groups in total. The van der Waals surface area contributed by atoms with Crippen LogP contribution in [0.15, 0.2) is 42.5 Å². The number of methoxy groups -OCH3 is 1. The van der Waals surface area contributed by atoms with Crippen LogP contribution in [0.2, 0.25) is 0 Å². The Kier molecular flexibility index (Phi) is 5.41. The fourth-order valence-electron chi connectivity index (χ4n) is 5.44. The van der Waals surface area contributed by atoms with Crippen LogP contribution in [0.25, 0.3) is 11.1 Å². The van der Waals surface area contributed by atoms with Gasteiger partial charge in [0.1, 0.15) is 11.9 Å². The van der Waals surface area contributed by atoms with Crippen molar-refractivity contribution < 1.29 is 24.2 Å². The summed E-state index contributed by atoms with van der Waals surface area (Å²) in [7, 11) is 1.54. The molecular weight excluding hydrogens is 406 g/mol. The van der Waals surface area contributed by atoms with E-state index in [4.69, 9.17) is 9.47 Å². The number of carbonyl (C=O) groups is 2. The first-order valence-corrected chi connectivity index (χ1v) is 11.4. The monoisotopic (exact) mass is 435 g/mol. The largest absolute Gasteiger partial charge is 0.497 e. The molecule has 1 spiro atoms. The number of carboxylic acid groups (broad SMARTS) is 1. The van der Waals surface area contributed by atoms with Gasteiger partial charge in [-0.25, -0.2) is 4.79 Å². The highest BCUT2D eigenvalue weighted by Crippen LogP contribution is 2.65. The molecule has 6 nitrogen and oxygen atoms in total. The van der Waals surface area contributed by atoms with E-state index in [1.165, 1.54) is 18.1 Å². The molecule has 5 rings (SSSR count). The van der Waals surface area contributed by atoms with Crippen molar-refractivity contribution in [3.63, 3.8) is 0 Å². The van der Waals surface area contributed by atoms with Gasteiger partial charge < -0.3 is 19.5 Å². The molecule has 3 aliphatic rings. The molecule has 1 saturated carbocycles. The van der Waals surface area contributed by atoms with Crippen LogP contribution in [0.5, 0.6) is 5.75 Å². The molecule has 2 heterocycles. The lowest BCUT2D eigenvalue weighted by molar-refractivity contribution is -0.142. The maximum atomic E-state index is 12.6. The Bertz CT molecular complexity index is 1020. The first kappa shape index (κ1) is 21.0. The van der Waals surface area contributed by atoms with E-state index in [0.717, 1.165) is 49.9 Å². The molecule has 0 radical (unpaired) electrons. The summed E-state index contributed by atoms with van der Waals surface area (Å²) < 4.78 is 10.9. The van der Waals surface area contributed by atoms with Crippen molar-refractivity contribution in [3.8, 4) is 16.9 Å². The molecule has 1 aliphatic carbocycles. The quantitative estimate of drug-likeness (QED) is 0.756. The number of amides is 1. The number of aromatic carboxylic acids is 1. The average molecular weight is 436 g/mol. The molecule has 2 aliphatic heterocycles. The molecule has 2 aromatic carbocycles. The predicted octanol–water partition coefficient (Wildman–Crippen LogP) is 4.34. The van der Waals surface area contributed by atoms with Crippen LogP contribution in [0.4, 0.5) is 0 Å². The Hall–Kier alpha value is -2.86.